The second-order valence-electron chi connectivity index (χ2n) is 5.34. The van der Waals surface area contributed by atoms with Gasteiger partial charge in [0.1, 0.15) is 12.1 Å². The fourth-order valence-corrected chi connectivity index (χ4v) is 2.64. The number of hydrogen-bond donors (Lipinski definition) is 1. The maximum Gasteiger partial charge on any atom is 0.163 e. The molecule has 0 amide bonds. The summed E-state index contributed by atoms with van der Waals surface area (Å²) in [5.41, 5.74) is 1.83. The Bertz CT molecular complexity index is 839. The van der Waals surface area contributed by atoms with Gasteiger partial charge in [0.15, 0.2) is 5.65 Å². The normalized spacial score (nSPS) is 10.7. The highest BCUT2D eigenvalue weighted by Gasteiger charge is 2.15. The highest BCUT2D eigenvalue weighted by molar-refractivity contribution is 5.86. The number of aromatic nitrogens is 4. The zero-order chi connectivity index (χ0) is 16.8. The summed E-state index contributed by atoms with van der Waals surface area (Å²) in [5, 5.41) is 23.3. The van der Waals surface area contributed by atoms with Gasteiger partial charge in [-0.15, -0.1) is 0 Å². The van der Waals surface area contributed by atoms with Crippen molar-refractivity contribution >= 4 is 16.9 Å². The first kappa shape index (κ1) is 15.9. The molecule has 7 heteroatoms. The van der Waals surface area contributed by atoms with Gasteiger partial charge in [0, 0.05) is 13.1 Å². The fraction of sp³-hybridized carbons (Fsp3) is 0.294. The van der Waals surface area contributed by atoms with Crippen molar-refractivity contribution in [2.45, 2.75) is 19.5 Å². The first-order valence-electron chi connectivity index (χ1n) is 7.76. The smallest absolute Gasteiger partial charge is 0.163 e. The SMILES string of the molecule is N#CCCn1ncc2c(N(CCO)Cc3ccccc3)ncnc21. The summed E-state index contributed by atoms with van der Waals surface area (Å²) < 4.78 is 1.71. The van der Waals surface area contributed by atoms with Crippen LogP contribution in [0.3, 0.4) is 0 Å². The van der Waals surface area contributed by atoms with Crippen LogP contribution in [-0.2, 0) is 13.1 Å². The van der Waals surface area contributed by atoms with Crippen LogP contribution in [0.1, 0.15) is 12.0 Å². The largest absolute Gasteiger partial charge is 0.395 e. The van der Waals surface area contributed by atoms with E-state index >= 15 is 0 Å². The lowest BCUT2D eigenvalue weighted by molar-refractivity contribution is 0.301. The summed E-state index contributed by atoms with van der Waals surface area (Å²) in [4.78, 5) is 10.7. The Labute approximate surface area is 139 Å². The van der Waals surface area contributed by atoms with E-state index < -0.39 is 0 Å². The monoisotopic (exact) mass is 322 g/mol. The van der Waals surface area contributed by atoms with Gasteiger partial charge >= 0.3 is 0 Å². The van der Waals surface area contributed by atoms with E-state index in [2.05, 4.69) is 21.1 Å². The molecule has 0 saturated heterocycles. The number of nitrogens with zero attached hydrogens (tertiary/aromatic N) is 6. The van der Waals surface area contributed by atoms with E-state index in [0.717, 1.165) is 16.8 Å². The van der Waals surface area contributed by atoms with Gasteiger partial charge in [-0.2, -0.15) is 10.4 Å². The van der Waals surface area contributed by atoms with Crippen molar-refractivity contribution in [3.8, 4) is 6.07 Å². The van der Waals surface area contributed by atoms with Crippen LogP contribution in [0.4, 0.5) is 5.82 Å². The number of nitriles is 1. The third kappa shape index (κ3) is 3.34. The molecule has 3 rings (SSSR count). The van der Waals surface area contributed by atoms with Crippen LogP contribution < -0.4 is 4.90 Å². The lowest BCUT2D eigenvalue weighted by Gasteiger charge is -2.23. The molecule has 122 valence electrons. The Morgan fingerprint density at radius 3 is 2.79 bits per heavy atom. The molecule has 2 heterocycles. The third-order valence-corrected chi connectivity index (χ3v) is 3.73. The number of aryl methyl sites for hydroxylation is 1. The van der Waals surface area contributed by atoms with Gasteiger partial charge in [0.2, 0.25) is 0 Å². The second-order valence-corrected chi connectivity index (χ2v) is 5.34. The van der Waals surface area contributed by atoms with Crippen molar-refractivity contribution < 1.29 is 5.11 Å². The Morgan fingerprint density at radius 1 is 1.21 bits per heavy atom. The van der Waals surface area contributed by atoms with Gasteiger partial charge in [-0.3, -0.25) is 0 Å². The van der Waals surface area contributed by atoms with Crippen molar-refractivity contribution in [3.63, 3.8) is 0 Å². The molecule has 0 spiro atoms. The van der Waals surface area contributed by atoms with E-state index in [9.17, 15) is 5.11 Å². The van der Waals surface area contributed by atoms with Crippen molar-refractivity contribution in [1.82, 2.24) is 19.7 Å². The van der Waals surface area contributed by atoms with E-state index in [-0.39, 0.29) is 6.61 Å². The molecule has 1 N–H and O–H groups in total. The lowest BCUT2D eigenvalue weighted by atomic mass is 10.2. The van der Waals surface area contributed by atoms with Crippen molar-refractivity contribution in [3.05, 3.63) is 48.4 Å². The number of rotatable bonds is 7. The van der Waals surface area contributed by atoms with Crippen LogP contribution in [0, 0.1) is 11.3 Å². The first-order valence-corrected chi connectivity index (χ1v) is 7.76. The van der Waals surface area contributed by atoms with E-state index in [4.69, 9.17) is 5.26 Å². The summed E-state index contributed by atoms with van der Waals surface area (Å²) in [5.74, 6) is 0.737. The molecule has 0 atom stereocenters. The number of aliphatic hydroxyl groups excluding tert-OH is 1. The van der Waals surface area contributed by atoms with Crippen LogP contribution in [0.15, 0.2) is 42.9 Å². The summed E-state index contributed by atoms with van der Waals surface area (Å²) in [7, 11) is 0. The zero-order valence-corrected chi connectivity index (χ0v) is 13.2. The molecular weight excluding hydrogens is 304 g/mol. The fourth-order valence-electron chi connectivity index (χ4n) is 2.64. The average Bonchev–Trinajstić information content (AvgIpc) is 3.03. The average molecular weight is 322 g/mol. The van der Waals surface area contributed by atoms with Crippen LogP contribution >= 0.6 is 0 Å². The molecule has 24 heavy (non-hydrogen) atoms. The van der Waals surface area contributed by atoms with E-state index in [1.807, 2.05) is 35.2 Å². The van der Waals surface area contributed by atoms with E-state index in [1.54, 1.807) is 10.9 Å². The first-order chi connectivity index (χ1) is 11.8. The quantitative estimate of drug-likeness (QED) is 0.712. The van der Waals surface area contributed by atoms with Crippen molar-refractivity contribution in [1.29, 1.82) is 5.26 Å². The molecule has 7 nitrogen and oxygen atoms in total. The Morgan fingerprint density at radius 2 is 2.04 bits per heavy atom. The lowest BCUT2D eigenvalue weighted by Crippen LogP contribution is -2.27. The van der Waals surface area contributed by atoms with Crippen LogP contribution in [-0.4, -0.2) is 38.0 Å². The molecule has 0 aliphatic rings. The number of anilines is 1. The number of benzene rings is 1. The molecule has 0 radical (unpaired) electrons. The molecule has 2 aromatic heterocycles. The Hall–Kier alpha value is -2.98. The minimum Gasteiger partial charge on any atom is -0.395 e. The molecule has 0 aliphatic heterocycles. The topological polar surface area (TPSA) is 90.9 Å². The third-order valence-electron chi connectivity index (χ3n) is 3.73. The molecule has 0 saturated carbocycles. The molecule has 0 aliphatic carbocycles. The van der Waals surface area contributed by atoms with E-state index in [1.165, 1.54) is 6.33 Å². The Kier molecular flexibility index (Phi) is 4.99. The summed E-state index contributed by atoms with van der Waals surface area (Å²) in [6, 6.07) is 12.1. The number of aliphatic hydroxyl groups is 1. The molecule has 1 aromatic carbocycles. The standard InChI is InChI=1S/C17H18N6O/c18-7-4-8-23-17-15(11-21-23)16(19-13-20-17)22(9-10-24)12-14-5-2-1-3-6-14/h1-3,5-6,11,13,24H,4,8-10,12H2. The molecule has 0 bridgehead atoms. The second kappa shape index (κ2) is 7.53. The molecule has 0 unspecified atom stereocenters. The van der Waals surface area contributed by atoms with Gasteiger partial charge < -0.3 is 10.0 Å². The van der Waals surface area contributed by atoms with Crippen LogP contribution in [0.25, 0.3) is 11.0 Å². The van der Waals surface area contributed by atoms with Gasteiger partial charge in [-0.25, -0.2) is 14.6 Å². The molecule has 0 fully saturated rings. The molecule has 3 aromatic rings. The summed E-state index contributed by atoms with van der Waals surface area (Å²) >= 11 is 0. The molecular formula is C17H18N6O. The predicted octanol–water partition coefficient (Wildman–Crippen LogP) is 1.74. The van der Waals surface area contributed by atoms with Crippen molar-refractivity contribution in [2.75, 3.05) is 18.1 Å². The van der Waals surface area contributed by atoms with Gasteiger partial charge in [-0.05, 0) is 5.56 Å². The summed E-state index contributed by atoms with van der Waals surface area (Å²) in [6.07, 6.45) is 3.59. The van der Waals surface area contributed by atoms with E-state index in [0.29, 0.717) is 31.7 Å². The van der Waals surface area contributed by atoms with Gasteiger partial charge in [0.25, 0.3) is 0 Å². The number of fused-ring (bicyclic) bond motifs is 1. The minimum atomic E-state index is 0.0287. The Balaban J connectivity index is 1.95. The maximum atomic E-state index is 9.43. The van der Waals surface area contributed by atoms with Gasteiger partial charge in [-0.1, -0.05) is 30.3 Å². The number of hydrogen-bond acceptors (Lipinski definition) is 6. The zero-order valence-electron chi connectivity index (χ0n) is 13.2. The van der Waals surface area contributed by atoms with Crippen LogP contribution in [0.5, 0.6) is 0 Å². The maximum absolute atomic E-state index is 9.43. The van der Waals surface area contributed by atoms with Crippen molar-refractivity contribution in [2.24, 2.45) is 0 Å². The van der Waals surface area contributed by atoms with Crippen LogP contribution in [0.2, 0.25) is 0 Å². The highest BCUT2D eigenvalue weighted by Crippen LogP contribution is 2.24. The van der Waals surface area contributed by atoms with Gasteiger partial charge in [0.05, 0.1) is 37.2 Å². The highest BCUT2D eigenvalue weighted by atomic mass is 16.3. The summed E-state index contributed by atoms with van der Waals surface area (Å²) in [6.45, 7) is 1.62. The minimum absolute atomic E-state index is 0.0287. The predicted molar refractivity (Wildman–Crippen MR) is 90.1 cm³/mol.